The predicted octanol–water partition coefficient (Wildman–Crippen LogP) is 3.47. The number of nitrogen functional groups attached to an aromatic ring is 1. The number of alkyl carbamates (subject to hydrolysis) is 1. The number of hydrogen-bond donors (Lipinski definition) is 2. The Morgan fingerprint density at radius 1 is 1.28 bits per heavy atom. The lowest BCUT2D eigenvalue weighted by Gasteiger charge is -2.42. The van der Waals surface area contributed by atoms with Crippen molar-refractivity contribution in [3.8, 4) is 0 Å². The molecule has 2 heterocycles. The Morgan fingerprint density at radius 3 is 2.69 bits per heavy atom. The molecule has 0 unspecified atom stereocenters. The SMILES string of the molecule is C[C@@H]1C[C@H](c2ccncc2N)C[C@H](NC(=O)OC(C)(C)C)[C@@H]1n1ccccc1=O. The third-order valence-electron chi connectivity index (χ3n) is 5.39. The van der Waals surface area contributed by atoms with E-state index < -0.39 is 11.7 Å². The molecule has 1 fully saturated rings. The van der Waals surface area contributed by atoms with Gasteiger partial charge in [-0.15, -0.1) is 0 Å². The zero-order chi connectivity index (χ0) is 21.2. The fourth-order valence-corrected chi connectivity index (χ4v) is 4.33. The first-order chi connectivity index (χ1) is 13.7. The van der Waals surface area contributed by atoms with E-state index in [2.05, 4.69) is 17.2 Å². The molecule has 2 aromatic rings. The standard InChI is InChI=1S/C22H30N4O3/c1-14-11-15(16-8-9-24-13-17(16)23)12-18(25-21(28)29-22(2,3)4)20(14)26-10-6-5-7-19(26)27/h5-10,13-15,18,20H,11-12,23H2,1-4H3,(H,25,28)/t14-,15+,18+,20-/m1/s1. The van der Waals surface area contributed by atoms with Crippen LogP contribution in [0.25, 0.3) is 0 Å². The second-order valence-electron chi connectivity index (χ2n) is 8.84. The molecule has 29 heavy (non-hydrogen) atoms. The maximum Gasteiger partial charge on any atom is 0.407 e. The van der Waals surface area contributed by atoms with Crippen molar-refractivity contribution in [2.75, 3.05) is 5.73 Å². The summed E-state index contributed by atoms with van der Waals surface area (Å²) in [6, 6.07) is 6.60. The summed E-state index contributed by atoms with van der Waals surface area (Å²) in [5, 5.41) is 3.02. The van der Waals surface area contributed by atoms with Gasteiger partial charge in [-0.2, -0.15) is 0 Å². The van der Waals surface area contributed by atoms with Gasteiger partial charge in [-0.3, -0.25) is 9.78 Å². The van der Waals surface area contributed by atoms with Crippen molar-refractivity contribution < 1.29 is 9.53 Å². The largest absolute Gasteiger partial charge is 0.444 e. The van der Waals surface area contributed by atoms with Gasteiger partial charge < -0.3 is 20.4 Å². The fraction of sp³-hybridized carbons (Fsp3) is 0.500. The Kier molecular flexibility index (Phi) is 5.96. The molecule has 2 aromatic heterocycles. The predicted molar refractivity (Wildman–Crippen MR) is 113 cm³/mol. The number of carbonyl (C=O) groups excluding carboxylic acids is 1. The second-order valence-corrected chi connectivity index (χ2v) is 8.84. The number of carbonyl (C=O) groups is 1. The summed E-state index contributed by atoms with van der Waals surface area (Å²) in [5.74, 6) is 0.296. The minimum atomic E-state index is -0.599. The van der Waals surface area contributed by atoms with Crippen LogP contribution in [0.2, 0.25) is 0 Å². The van der Waals surface area contributed by atoms with Crippen molar-refractivity contribution in [3.05, 3.63) is 58.8 Å². The molecule has 7 heteroatoms. The molecule has 1 saturated carbocycles. The normalized spacial score (nSPS) is 24.7. The van der Waals surface area contributed by atoms with Crippen LogP contribution in [0, 0.1) is 5.92 Å². The summed E-state index contributed by atoms with van der Waals surface area (Å²) in [6.45, 7) is 7.60. The first-order valence-electron chi connectivity index (χ1n) is 10.0. The minimum Gasteiger partial charge on any atom is -0.444 e. The first-order valence-corrected chi connectivity index (χ1v) is 10.0. The molecule has 3 rings (SSSR count). The van der Waals surface area contributed by atoms with Gasteiger partial charge in [-0.05, 0) is 63.1 Å². The van der Waals surface area contributed by atoms with Gasteiger partial charge in [-0.1, -0.05) is 13.0 Å². The van der Waals surface area contributed by atoms with Gasteiger partial charge in [0, 0.05) is 18.5 Å². The first kappa shape index (κ1) is 20.9. The van der Waals surface area contributed by atoms with E-state index in [1.165, 1.54) is 0 Å². The summed E-state index contributed by atoms with van der Waals surface area (Å²) >= 11 is 0. The number of amides is 1. The van der Waals surface area contributed by atoms with E-state index in [4.69, 9.17) is 10.5 Å². The molecule has 7 nitrogen and oxygen atoms in total. The highest BCUT2D eigenvalue weighted by Crippen LogP contribution is 2.43. The summed E-state index contributed by atoms with van der Waals surface area (Å²) in [5.41, 5.74) is 7.17. The Labute approximate surface area is 171 Å². The van der Waals surface area contributed by atoms with Crippen LogP contribution in [0.3, 0.4) is 0 Å². The van der Waals surface area contributed by atoms with Crippen molar-refractivity contribution in [2.45, 2.75) is 64.1 Å². The number of nitrogens with one attached hydrogen (secondary N) is 1. The average molecular weight is 399 g/mol. The van der Waals surface area contributed by atoms with E-state index in [1.807, 2.05) is 32.9 Å². The minimum absolute atomic E-state index is 0.0813. The molecule has 3 N–H and O–H groups in total. The smallest absolute Gasteiger partial charge is 0.407 e. The number of nitrogens with zero attached hydrogens (tertiary/aromatic N) is 2. The highest BCUT2D eigenvalue weighted by Gasteiger charge is 2.39. The lowest BCUT2D eigenvalue weighted by molar-refractivity contribution is 0.0444. The van der Waals surface area contributed by atoms with Crippen LogP contribution in [0.4, 0.5) is 10.5 Å². The molecule has 0 radical (unpaired) electrons. The third-order valence-corrected chi connectivity index (χ3v) is 5.39. The van der Waals surface area contributed by atoms with Gasteiger partial charge in [0.2, 0.25) is 0 Å². The quantitative estimate of drug-likeness (QED) is 0.825. The molecule has 4 atom stereocenters. The highest BCUT2D eigenvalue weighted by molar-refractivity contribution is 5.68. The Balaban J connectivity index is 1.93. The van der Waals surface area contributed by atoms with Crippen molar-refractivity contribution in [1.29, 1.82) is 0 Å². The van der Waals surface area contributed by atoms with E-state index in [-0.39, 0.29) is 29.5 Å². The van der Waals surface area contributed by atoms with E-state index in [0.717, 1.165) is 12.0 Å². The van der Waals surface area contributed by atoms with Gasteiger partial charge in [0.15, 0.2) is 0 Å². The number of ether oxygens (including phenoxy) is 1. The lowest BCUT2D eigenvalue weighted by atomic mass is 9.73. The zero-order valence-corrected chi connectivity index (χ0v) is 17.5. The molecule has 1 amide bonds. The summed E-state index contributed by atoms with van der Waals surface area (Å²) in [6.07, 6.45) is 6.21. The number of aromatic nitrogens is 2. The van der Waals surface area contributed by atoms with Crippen LogP contribution < -0.4 is 16.6 Å². The molecule has 0 spiro atoms. The van der Waals surface area contributed by atoms with Crippen LogP contribution in [0.5, 0.6) is 0 Å². The Hall–Kier alpha value is -2.83. The van der Waals surface area contributed by atoms with E-state index in [1.54, 1.807) is 35.3 Å². The molecule has 1 aliphatic rings. The Bertz CT molecular complexity index is 919. The summed E-state index contributed by atoms with van der Waals surface area (Å²) < 4.78 is 7.20. The van der Waals surface area contributed by atoms with Gasteiger partial charge in [0.25, 0.3) is 5.56 Å². The molecule has 156 valence electrons. The molecule has 0 bridgehead atoms. The van der Waals surface area contributed by atoms with Gasteiger partial charge in [-0.25, -0.2) is 4.79 Å². The van der Waals surface area contributed by atoms with E-state index in [0.29, 0.717) is 12.1 Å². The van der Waals surface area contributed by atoms with Crippen LogP contribution in [0.1, 0.15) is 58.1 Å². The topological polar surface area (TPSA) is 99.2 Å². The zero-order valence-electron chi connectivity index (χ0n) is 17.5. The molecular formula is C22H30N4O3. The van der Waals surface area contributed by atoms with Crippen LogP contribution in [0.15, 0.2) is 47.7 Å². The average Bonchev–Trinajstić information content (AvgIpc) is 2.61. The third kappa shape index (κ3) is 4.96. The summed E-state index contributed by atoms with van der Waals surface area (Å²) in [4.78, 5) is 29.2. The highest BCUT2D eigenvalue weighted by atomic mass is 16.6. The fourth-order valence-electron chi connectivity index (χ4n) is 4.33. The summed E-state index contributed by atoms with van der Waals surface area (Å²) in [7, 11) is 0. The molecular weight excluding hydrogens is 368 g/mol. The van der Waals surface area contributed by atoms with Crippen LogP contribution >= 0.6 is 0 Å². The lowest BCUT2D eigenvalue weighted by Crippen LogP contribution is -2.50. The number of rotatable bonds is 3. The van der Waals surface area contributed by atoms with Crippen molar-refractivity contribution >= 4 is 11.8 Å². The second kappa shape index (κ2) is 8.27. The van der Waals surface area contributed by atoms with E-state index in [9.17, 15) is 9.59 Å². The number of anilines is 1. The maximum absolute atomic E-state index is 12.6. The van der Waals surface area contributed by atoms with Gasteiger partial charge >= 0.3 is 6.09 Å². The number of pyridine rings is 2. The maximum atomic E-state index is 12.6. The number of hydrogen-bond acceptors (Lipinski definition) is 5. The molecule has 0 aromatic carbocycles. The molecule has 1 aliphatic carbocycles. The van der Waals surface area contributed by atoms with Crippen molar-refractivity contribution in [3.63, 3.8) is 0 Å². The van der Waals surface area contributed by atoms with Gasteiger partial charge in [0.05, 0.1) is 24.0 Å². The van der Waals surface area contributed by atoms with Crippen molar-refractivity contribution in [2.24, 2.45) is 5.92 Å². The van der Waals surface area contributed by atoms with Crippen molar-refractivity contribution in [1.82, 2.24) is 14.9 Å². The molecule has 0 aliphatic heterocycles. The Morgan fingerprint density at radius 2 is 2.03 bits per heavy atom. The van der Waals surface area contributed by atoms with E-state index >= 15 is 0 Å². The monoisotopic (exact) mass is 398 g/mol. The van der Waals surface area contributed by atoms with Crippen LogP contribution in [-0.2, 0) is 4.74 Å². The molecule has 0 saturated heterocycles. The van der Waals surface area contributed by atoms with Crippen LogP contribution in [-0.4, -0.2) is 27.3 Å². The van der Waals surface area contributed by atoms with Gasteiger partial charge in [0.1, 0.15) is 5.60 Å². The number of nitrogens with two attached hydrogens (primary N) is 1.